The van der Waals surface area contributed by atoms with Crippen LogP contribution in [0.3, 0.4) is 0 Å². The van der Waals surface area contributed by atoms with Crippen molar-refractivity contribution in [1.82, 2.24) is 20.0 Å². The van der Waals surface area contributed by atoms with Crippen LogP contribution in [0.5, 0.6) is 0 Å². The molecule has 1 aromatic carbocycles. The van der Waals surface area contributed by atoms with Gasteiger partial charge in [0.25, 0.3) is 5.91 Å². The van der Waals surface area contributed by atoms with Gasteiger partial charge in [0.05, 0.1) is 17.5 Å². The Kier molecular flexibility index (Phi) is 5.11. The van der Waals surface area contributed by atoms with Crippen molar-refractivity contribution in [3.05, 3.63) is 52.9 Å². The van der Waals surface area contributed by atoms with E-state index in [9.17, 15) is 18.4 Å². The van der Waals surface area contributed by atoms with Gasteiger partial charge in [-0.15, -0.1) is 0 Å². The molecule has 1 N–H and O–H groups in total. The molecule has 0 saturated carbocycles. The maximum Gasteiger partial charge on any atom is 0.255 e. The molecule has 0 radical (unpaired) electrons. The number of aromatic nitrogens is 2. The molecule has 1 aromatic heterocycles. The Morgan fingerprint density at radius 2 is 2.07 bits per heavy atom. The first-order valence-electron chi connectivity index (χ1n) is 9.61. The minimum absolute atomic E-state index is 0.0561. The van der Waals surface area contributed by atoms with Gasteiger partial charge in [-0.1, -0.05) is 6.07 Å². The Morgan fingerprint density at radius 1 is 1.21 bits per heavy atom. The van der Waals surface area contributed by atoms with Crippen LogP contribution in [0.25, 0.3) is 0 Å². The van der Waals surface area contributed by atoms with Crippen LogP contribution in [-0.4, -0.2) is 39.1 Å². The third-order valence-corrected chi connectivity index (χ3v) is 5.44. The van der Waals surface area contributed by atoms with Crippen molar-refractivity contribution in [3.63, 3.8) is 0 Å². The van der Waals surface area contributed by atoms with Crippen molar-refractivity contribution in [2.24, 2.45) is 0 Å². The fourth-order valence-corrected chi connectivity index (χ4v) is 3.93. The molecule has 8 heteroatoms. The molecular weight excluding hydrogens is 366 g/mol. The highest BCUT2D eigenvalue weighted by molar-refractivity contribution is 5.98. The number of amides is 2. The van der Waals surface area contributed by atoms with Crippen LogP contribution < -0.4 is 5.32 Å². The van der Waals surface area contributed by atoms with Gasteiger partial charge >= 0.3 is 0 Å². The van der Waals surface area contributed by atoms with E-state index in [0.717, 1.165) is 37.6 Å². The first-order chi connectivity index (χ1) is 13.5. The monoisotopic (exact) mass is 388 g/mol. The Morgan fingerprint density at radius 3 is 2.89 bits per heavy atom. The van der Waals surface area contributed by atoms with Crippen molar-refractivity contribution in [2.45, 2.75) is 51.2 Å². The van der Waals surface area contributed by atoms with Crippen LogP contribution in [0.1, 0.15) is 47.3 Å². The number of fused-ring (bicyclic) bond motifs is 1. The first-order valence-corrected chi connectivity index (χ1v) is 9.61. The summed E-state index contributed by atoms with van der Waals surface area (Å²) in [5, 5.41) is 7.09. The van der Waals surface area contributed by atoms with E-state index in [-0.39, 0.29) is 23.9 Å². The van der Waals surface area contributed by atoms with Gasteiger partial charge in [0.1, 0.15) is 17.7 Å². The number of nitrogens with zero attached hydrogens (tertiary/aromatic N) is 3. The molecule has 1 saturated heterocycles. The second kappa shape index (κ2) is 7.69. The van der Waals surface area contributed by atoms with E-state index in [1.54, 1.807) is 6.20 Å². The number of nitrogens with one attached hydrogen (secondary N) is 1. The van der Waals surface area contributed by atoms with Crippen molar-refractivity contribution in [3.8, 4) is 0 Å². The molecule has 2 aromatic rings. The van der Waals surface area contributed by atoms with Crippen LogP contribution in [0.4, 0.5) is 8.78 Å². The standard InChI is InChI=1S/C20H22F2N4O2/c21-14-7-6-13(16(22)10-14)12-25-8-3-4-17(20(25)28)24-19(27)15-11-23-26-9-2-1-5-18(15)26/h6-7,10-11,17H,1-5,8-9,12H2,(H,24,27)/t17-/m1/s1. The van der Waals surface area contributed by atoms with E-state index in [1.807, 2.05) is 4.68 Å². The lowest BCUT2D eigenvalue weighted by Gasteiger charge is -2.32. The number of hydrogen-bond acceptors (Lipinski definition) is 3. The lowest BCUT2D eigenvalue weighted by molar-refractivity contribution is -0.136. The molecule has 0 bridgehead atoms. The number of rotatable bonds is 4. The molecule has 3 heterocycles. The fourth-order valence-electron chi connectivity index (χ4n) is 3.93. The summed E-state index contributed by atoms with van der Waals surface area (Å²) < 4.78 is 28.9. The van der Waals surface area contributed by atoms with Gasteiger partial charge in [-0.25, -0.2) is 8.78 Å². The molecule has 1 fully saturated rings. The molecule has 1 atom stereocenters. The molecule has 4 rings (SSSR count). The average Bonchev–Trinajstić information content (AvgIpc) is 3.11. The number of halogens is 2. The molecule has 28 heavy (non-hydrogen) atoms. The Labute approximate surface area is 161 Å². The molecule has 0 spiro atoms. The first kappa shape index (κ1) is 18.6. The molecule has 148 valence electrons. The van der Waals surface area contributed by atoms with Crippen LogP contribution in [0, 0.1) is 11.6 Å². The van der Waals surface area contributed by atoms with E-state index in [1.165, 1.54) is 17.0 Å². The van der Waals surface area contributed by atoms with Crippen molar-refractivity contribution in [2.75, 3.05) is 6.54 Å². The van der Waals surface area contributed by atoms with Gasteiger partial charge in [0, 0.05) is 31.3 Å². The maximum atomic E-state index is 13.9. The Hall–Kier alpha value is -2.77. The second-order valence-corrected chi connectivity index (χ2v) is 7.35. The number of likely N-dealkylation sites (tertiary alicyclic amines) is 1. The number of aryl methyl sites for hydroxylation is 1. The Balaban J connectivity index is 1.44. The topological polar surface area (TPSA) is 67.2 Å². The smallest absolute Gasteiger partial charge is 0.255 e. The average molecular weight is 388 g/mol. The van der Waals surface area contributed by atoms with Crippen LogP contribution >= 0.6 is 0 Å². The summed E-state index contributed by atoms with van der Waals surface area (Å²) in [6.07, 6.45) is 5.67. The zero-order valence-electron chi connectivity index (χ0n) is 15.5. The van der Waals surface area contributed by atoms with Crippen molar-refractivity contribution >= 4 is 11.8 Å². The highest BCUT2D eigenvalue weighted by Crippen LogP contribution is 2.20. The lowest BCUT2D eigenvalue weighted by atomic mass is 10.0. The largest absolute Gasteiger partial charge is 0.340 e. The number of carbonyl (C=O) groups excluding carboxylic acids is 2. The number of piperidine rings is 1. The van der Waals surface area contributed by atoms with Crippen molar-refractivity contribution in [1.29, 1.82) is 0 Å². The molecule has 6 nitrogen and oxygen atoms in total. The Bertz CT molecular complexity index is 912. The van der Waals surface area contributed by atoms with Crippen LogP contribution in [0.2, 0.25) is 0 Å². The highest BCUT2D eigenvalue weighted by atomic mass is 19.1. The normalized spacial score (nSPS) is 19.4. The SMILES string of the molecule is O=C(N[C@@H]1CCCN(Cc2ccc(F)cc2F)C1=O)c1cnn2c1CCCC2. The quantitative estimate of drug-likeness (QED) is 0.875. The minimum Gasteiger partial charge on any atom is -0.340 e. The fraction of sp³-hybridized carbons (Fsp3) is 0.450. The van der Waals surface area contributed by atoms with E-state index >= 15 is 0 Å². The summed E-state index contributed by atoms with van der Waals surface area (Å²) in [5.41, 5.74) is 1.69. The summed E-state index contributed by atoms with van der Waals surface area (Å²) in [4.78, 5) is 27.0. The summed E-state index contributed by atoms with van der Waals surface area (Å²) in [7, 11) is 0. The van der Waals surface area contributed by atoms with E-state index in [0.29, 0.717) is 24.9 Å². The predicted octanol–water partition coefficient (Wildman–Crippen LogP) is 2.42. The zero-order chi connectivity index (χ0) is 19.7. The minimum atomic E-state index is -0.675. The number of carbonyl (C=O) groups is 2. The molecule has 2 aliphatic rings. The summed E-state index contributed by atoms with van der Waals surface area (Å²) in [6.45, 7) is 1.34. The van der Waals surface area contributed by atoms with Gasteiger partial charge < -0.3 is 10.2 Å². The van der Waals surface area contributed by atoms with Gasteiger partial charge in [-0.2, -0.15) is 5.10 Å². The zero-order valence-corrected chi connectivity index (χ0v) is 15.5. The molecule has 2 amide bonds. The van der Waals surface area contributed by atoms with Gasteiger partial charge in [-0.05, 0) is 38.2 Å². The predicted molar refractivity (Wildman–Crippen MR) is 97.4 cm³/mol. The van der Waals surface area contributed by atoms with Crippen LogP contribution in [-0.2, 0) is 24.3 Å². The van der Waals surface area contributed by atoms with Gasteiger partial charge in [0.2, 0.25) is 5.91 Å². The van der Waals surface area contributed by atoms with E-state index < -0.39 is 17.7 Å². The summed E-state index contributed by atoms with van der Waals surface area (Å²) in [6, 6.07) is 2.68. The van der Waals surface area contributed by atoms with E-state index in [4.69, 9.17) is 0 Å². The lowest BCUT2D eigenvalue weighted by Crippen LogP contribution is -2.52. The second-order valence-electron chi connectivity index (χ2n) is 7.35. The molecular formula is C20H22F2N4O2. The number of benzene rings is 1. The van der Waals surface area contributed by atoms with Gasteiger partial charge in [0.15, 0.2) is 0 Å². The summed E-state index contributed by atoms with van der Waals surface area (Å²) >= 11 is 0. The third-order valence-electron chi connectivity index (χ3n) is 5.44. The summed E-state index contributed by atoms with van der Waals surface area (Å²) in [5.74, 6) is -1.87. The third kappa shape index (κ3) is 3.63. The van der Waals surface area contributed by atoms with Gasteiger partial charge in [-0.3, -0.25) is 14.3 Å². The molecule has 0 aliphatic carbocycles. The van der Waals surface area contributed by atoms with Crippen molar-refractivity contribution < 1.29 is 18.4 Å². The number of hydrogen-bond donors (Lipinski definition) is 1. The van der Waals surface area contributed by atoms with Crippen LogP contribution in [0.15, 0.2) is 24.4 Å². The highest BCUT2D eigenvalue weighted by Gasteiger charge is 2.31. The molecule has 2 aliphatic heterocycles. The molecule has 0 unspecified atom stereocenters. The van der Waals surface area contributed by atoms with E-state index in [2.05, 4.69) is 10.4 Å². The maximum absolute atomic E-state index is 13.9.